The molecule has 82 valence electrons. The van der Waals surface area contributed by atoms with Crippen molar-refractivity contribution < 1.29 is 4.79 Å². The summed E-state index contributed by atoms with van der Waals surface area (Å²) < 4.78 is 0. The molecule has 2 aromatic rings. The molecule has 0 fully saturated rings. The van der Waals surface area contributed by atoms with E-state index in [1.165, 1.54) is 11.3 Å². The molecule has 0 saturated carbocycles. The minimum absolute atomic E-state index is 0.00178. The van der Waals surface area contributed by atoms with Gasteiger partial charge >= 0.3 is 0 Å². The lowest BCUT2D eigenvalue weighted by Crippen LogP contribution is -2.15. The highest BCUT2D eigenvalue weighted by Gasteiger charge is 2.08. The molecule has 0 bridgehead atoms. The van der Waals surface area contributed by atoms with Crippen molar-refractivity contribution in [3.8, 4) is 11.4 Å². The van der Waals surface area contributed by atoms with E-state index < -0.39 is 0 Å². The second-order valence-corrected chi connectivity index (χ2v) is 4.20. The summed E-state index contributed by atoms with van der Waals surface area (Å²) in [5.41, 5.74) is 6.89. The van der Waals surface area contributed by atoms with Crippen molar-refractivity contribution in [1.29, 1.82) is 0 Å². The van der Waals surface area contributed by atoms with Crippen LogP contribution in [-0.4, -0.2) is 22.3 Å². The zero-order chi connectivity index (χ0) is 11.4. The van der Waals surface area contributed by atoms with Crippen molar-refractivity contribution in [3.05, 3.63) is 34.8 Å². The maximum absolute atomic E-state index is 11.2. The van der Waals surface area contributed by atoms with Crippen molar-refractivity contribution in [3.63, 3.8) is 0 Å². The number of ketones is 1. The lowest BCUT2D eigenvalue weighted by Gasteiger charge is -1.94. The molecule has 2 aromatic heterocycles. The van der Waals surface area contributed by atoms with Gasteiger partial charge < -0.3 is 5.73 Å². The van der Waals surface area contributed by atoms with E-state index in [0.29, 0.717) is 6.42 Å². The maximum atomic E-state index is 11.2. The normalized spacial score (nSPS) is 10.3. The first kappa shape index (κ1) is 10.9. The summed E-state index contributed by atoms with van der Waals surface area (Å²) in [5.74, 6) is 0.00178. The summed E-state index contributed by atoms with van der Waals surface area (Å²) in [5, 5.41) is 2.69. The number of Topliss-reactive ketones (excluding diaryl/α,β-unsaturated/α-hetero) is 1. The summed E-state index contributed by atoms with van der Waals surface area (Å²) in [6.07, 6.45) is 2.04. The number of aromatic nitrogens is 2. The maximum Gasteiger partial charge on any atom is 0.153 e. The number of thiazole rings is 1. The fourth-order valence-corrected chi connectivity index (χ4v) is 2.08. The highest BCUT2D eigenvalue weighted by Crippen LogP contribution is 2.19. The van der Waals surface area contributed by atoms with E-state index in [-0.39, 0.29) is 12.3 Å². The Hall–Kier alpha value is -1.59. The molecule has 0 aliphatic heterocycles. The fourth-order valence-electron chi connectivity index (χ4n) is 1.26. The first-order chi connectivity index (χ1) is 7.79. The average molecular weight is 233 g/mol. The largest absolute Gasteiger partial charge is 0.324 e. The van der Waals surface area contributed by atoms with Crippen LogP contribution in [0, 0.1) is 0 Å². The lowest BCUT2D eigenvalue weighted by atomic mass is 10.3. The summed E-state index contributed by atoms with van der Waals surface area (Å²) in [7, 11) is 0. The number of hydrogen-bond acceptors (Lipinski definition) is 5. The highest BCUT2D eigenvalue weighted by molar-refractivity contribution is 7.10. The number of nitrogens with zero attached hydrogens (tertiary/aromatic N) is 2. The molecule has 2 heterocycles. The Morgan fingerprint density at radius 3 is 2.94 bits per heavy atom. The third kappa shape index (κ3) is 2.50. The van der Waals surface area contributed by atoms with Gasteiger partial charge in [0.2, 0.25) is 0 Å². The van der Waals surface area contributed by atoms with Crippen LogP contribution in [0.3, 0.4) is 0 Å². The zero-order valence-electron chi connectivity index (χ0n) is 8.59. The monoisotopic (exact) mass is 233 g/mol. The summed E-state index contributed by atoms with van der Waals surface area (Å²) >= 11 is 1.46. The van der Waals surface area contributed by atoms with E-state index in [4.69, 9.17) is 5.73 Å². The van der Waals surface area contributed by atoms with Crippen molar-refractivity contribution in [1.82, 2.24) is 9.97 Å². The van der Waals surface area contributed by atoms with Crippen LogP contribution in [0.1, 0.15) is 5.01 Å². The number of rotatable bonds is 4. The Morgan fingerprint density at radius 2 is 2.25 bits per heavy atom. The zero-order valence-corrected chi connectivity index (χ0v) is 9.41. The molecule has 16 heavy (non-hydrogen) atoms. The molecule has 0 amide bonds. The van der Waals surface area contributed by atoms with Gasteiger partial charge in [0.05, 0.1) is 24.4 Å². The van der Waals surface area contributed by atoms with E-state index >= 15 is 0 Å². The van der Waals surface area contributed by atoms with Crippen LogP contribution < -0.4 is 5.73 Å². The number of nitrogens with two attached hydrogens (primary N) is 1. The number of carbonyl (C=O) groups is 1. The molecule has 0 aliphatic rings. The Labute approximate surface area is 97.2 Å². The van der Waals surface area contributed by atoms with Crippen LogP contribution in [0.25, 0.3) is 11.4 Å². The first-order valence-electron chi connectivity index (χ1n) is 4.87. The van der Waals surface area contributed by atoms with Crippen LogP contribution in [-0.2, 0) is 11.2 Å². The second-order valence-electron chi connectivity index (χ2n) is 3.26. The smallest absolute Gasteiger partial charge is 0.153 e. The van der Waals surface area contributed by atoms with Gasteiger partial charge in [-0.25, -0.2) is 4.98 Å². The second kappa shape index (κ2) is 4.96. The third-order valence-corrected chi connectivity index (χ3v) is 2.90. The summed E-state index contributed by atoms with van der Waals surface area (Å²) in [6, 6.07) is 5.66. The standard InChI is InChI=1S/C11H11N3OS/c12-6-8(15)5-11-14-10(7-16-11)9-3-1-2-4-13-9/h1-4,7H,5-6,12H2. The molecule has 2 rings (SSSR count). The van der Waals surface area contributed by atoms with E-state index in [1.54, 1.807) is 6.20 Å². The molecule has 0 spiro atoms. The Kier molecular flexibility index (Phi) is 3.38. The lowest BCUT2D eigenvalue weighted by molar-refractivity contribution is -0.117. The van der Waals surface area contributed by atoms with E-state index in [1.807, 2.05) is 23.6 Å². The van der Waals surface area contributed by atoms with E-state index in [2.05, 4.69) is 9.97 Å². The van der Waals surface area contributed by atoms with Gasteiger partial charge in [-0.1, -0.05) is 6.07 Å². The van der Waals surface area contributed by atoms with Crippen molar-refractivity contribution in [2.24, 2.45) is 5.73 Å². The van der Waals surface area contributed by atoms with Crippen LogP contribution in [0.2, 0.25) is 0 Å². The van der Waals surface area contributed by atoms with Gasteiger partial charge in [-0.15, -0.1) is 11.3 Å². The van der Waals surface area contributed by atoms with Gasteiger partial charge in [0.25, 0.3) is 0 Å². The third-order valence-electron chi connectivity index (χ3n) is 2.06. The Balaban J connectivity index is 2.17. The highest BCUT2D eigenvalue weighted by atomic mass is 32.1. The molecule has 0 saturated heterocycles. The number of pyridine rings is 1. The van der Waals surface area contributed by atoms with Crippen LogP contribution >= 0.6 is 11.3 Å². The number of hydrogen-bond donors (Lipinski definition) is 1. The SMILES string of the molecule is NCC(=O)Cc1nc(-c2ccccn2)cs1. The van der Waals surface area contributed by atoms with Gasteiger partial charge in [0, 0.05) is 11.6 Å². The van der Waals surface area contributed by atoms with Gasteiger partial charge in [-0.2, -0.15) is 0 Å². The Morgan fingerprint density at radius 1 is 1.38 bits per heavy atom. The molecule has 5 heteroatoms. The molecular weight excluding hydrogens is 222 g/mol. The van der Waals surface area contributed by atoms with Crippen LogP contribution in [0.4, 0.5) is 0 Å². The molecular formula is C11H11N3OS. The van der Waals surface area contributed by atoms with Crippen molar-refractivity contribution in [2.45, 2.75) is 6.42 Å². The van der Waals surface area contributed by atoms with Gasteiger partial charge in [-0.05, 0) is 12.1 Å². The first-order valence-corrected chi connectivity index (χ1v) is 5.75. The molecule has 2 N–H and O–H groups in total. The van der Waals surface area contributed by atoms with E-state index in [0.717, 1.165) is 16.4 Å². The molecule has 0 atom stereocenters. The predicted molar refractivity (Wildman–Crippen MR) is 63.1 cm³/mol. The fraction of sp³-hybridized carbons (Fsp3) is 0.182. The molecule has 0 aliphatic carbocycles. The topological polar surface area (TPSA) is 68.9 Å². The molecule has 4 nitrogen and oxygen atoms in total. The molecule has 0 aromatic carbocycles. The van der Waals surface area contributed by atoms with Gasteiger partial charge in [0.15, 0.2) is 5.78 Å². The average Bonchev–Trinajstić information content (AvgIpc) is 2.78. The van der Waals surface area contributed by atoms with E-state index in [9.17, 15) is 4.79 Å². The van der Waals surface area contributed by atoms with Gasteiger partial charge in [0.1, 0.15) is 5.01 Å². The summed E-state index contributed by atoms with van der Waals surface area (Å²) in [6.45, 7) is 0.0680. The quantitative estimate of drug-likeness (QED) is 0.863. The van der Waals surface area contributed by atoms with Crippen molar-refractivity contribution in [2.75, 3.05) is 6.54 Å². The van der Waals surface area contributed by atoms with Crippen LogP contribution in [0.5, 0.6) is 0 Å². The molecule has 0 unspecified atom stereocenters. The van der Waals surface area contributed by atoms with Crippen LogP contribution in [0.15, 0.2) is 29.8 Å². The minimum atomic E-state index is 0.00178. The minimum Gasteiger partial charge on any atom is -0.324 e. The molecule has 0 radical (unpaired) electrons. The number of carbonyl (C=O) groups excluding carboxylic acids is 1. The predicted octanol–water partition coefficient (Wildman–Crippen LogP) is 1.28. The van der Waals surface area contributed by atoms with Crippen molar-refractivity contribution >= 4 is 17.1 Å². The summed E-state index contributed by atoms with van der Waals surface area (Å²) in [4.78, 5) is 19.7. The Bertz CT molecular complexity index is 481. The van der Waals surface area contributed by atoms with Gasteiger partial charge in [-0.3, -0.25) is 9.78 Å².